The molecule has 0 saturated carbocycles. The summed E-state index contributed by atoms with van der Waals surface area (Å²) in [6.07, 6.45) is 7.07. The number of rotatable bonds is 0. The second-order valence-electron chi connectivity index (χ2n) is 4.16. The summed E-state index contributed by atoms with van der Waals surface area (Å²) in [6, 6.07) is 15.3. The van der Waals surface area contributed by atoms with Crippen molar-refractivity contribution in [2.75, 3.05) is 0 Å². The van der Waals surface area contributed by atoms with Crippen molar-refractivity contribution in [1.82, 2.24) is 19.9 Å². The van der Waals surface area contributed by atoms with E-state index in [0.717, 1.165) is 22.1 Å². The van der Waals surface area contributed by atoms with Gasteiger partial charge in [-0.05, 0) is 48.5 Å². The highest BCUT2D eigenvalue weighted by atomic mass is 32.1. The monoisotopic (exact) mass is 324 g/mol. The van der Waals surface area contributed by atoms with Crippen LogP contribution in [-0.2, 0) is 11.6 Å². The first-order valence-electron chi connectivity index (χ1n) is 6.58. The largest absolute Gasteiger partial charge is 0.335 e. The van der Waals surface area contributed by atoms with Crippen molar-refractivity contribution in [2.24, 2.45) is 0 Å². The van der Waals surface area contributed by atoms with Gasteiger partial charge in [0.15, 0.2) is 0 Å². The number of aromatic nitrogens is 4. The molecule has 4 aromatic heterocycles. The molecular formula is C16H12N4O2S. The molecule has 114 valence electrons. The smallest absolute Gasteiger partial charge is 0.255 e. The molecule has 0 spiro atoms. The molecule has 0 aliphatic carbocycles. The van der Waals surface area contributed by atoms with Crippen molar-refractivity contribution in [1.29, 1.82) is 0 Å². The van der Waals surface area contributed by atoms with Crippen LogP contribution in [0.5, 0.6) is 0 Å². The minimum atomic E-state index is -0.750. The van der Waals surface area contributed by atoms with Gasteiger partial charge in [0, 0.05) is 24.8 Å². The Labute approximate surface area is 135 Å². The molecule has 0 amide bonds. The highest BCUT2D eigenvalue weighted by molar-refractivity contribution is 7.51. The van der Waals surface area contributed by atoms with E-state index < -0.39 is 11.6 Å². The predicted molar refractivity (Wildman–Crippen MR) is 88.0 cm³/mol. The molecule has 0 aromatic carbocycles. The van der Waals surface area contributed by atoms with Crippen LogP contribution in [0.3, 0.4) is 0 Å². The van der Waals surface area contributed by atoms with E-state index in [0.29, 0.717) is 0 Å². The van der Waals surface area contributed by atoms with Crippen LogP contribution in [-0.4, -0.2) is 28.4 Å². The number of nitrogens with zero attached hydrogens (tertiary/aromatic N) is 4. The lowest BCUT2D eigenvalue weighted by molar-refractivity contribution is 0.630. The van der Waals surface area contributed by atoms with Gasteiger partial charge in [-0.15, -0.1) is 0 Å². The molecule has 0 saturated heterocycles. The van der Waals surface area contributed by atoms with E-state index in [-0.39, 0.29) is 0 Å². The molecule has 0 atom stereocenters. The van der Waals surface area contributed by atoms with Crippen molar-refractivity contribution >= 4 is 33.6 Å². The third-order valence-corrected chi connectivity index (χ3v) is 2.74. The van der Waals surface area contributed by atoms with Gasteiger partial charge < -0.3 is 0 Å². The SMILES string of the molecule is O=S=O.c1cnc2cccnc2c1.c1cnc2cccnc2c1. The Balaban J connectivity index is 0.000000143. The molecule has 0 bridgehead atoms. The molecular weight excluding hydrogens is 312 g/mol. The molecule has 0 aliphatic rings. The van der Waals surface area contributed by atoms with E-state index in [1.807, 2.05) is 48.5 Å². The van der Waals surface area contributed by atoms with Crippen LogP contribution in [0.25, 0.3) is 22.1 Å². The Morgan fingerprint density at radius 3 is 0.957 bits per heavy atom. The van der Waals surface area contributed by atoms with E-state index in [4.69, 9.17) is 8.42 Å². The summed E-state index contributed by atoms with van der Waals surface area (Å²) < 4.78 is 16.6. The maximum atomic E-state index is 8.29. The van der Waals surface area contributed by atoms with Gasteiger partial charge in [0.2, 0.25) is 0 Å². The normalized spacial score (nSPS) is 9.22. The number of hydrogen-bond donors (Lipinski definition) is 0. The maximum absolute atomic E-state index is 8.29. The third kappa shape index (κ3) is 5.01. The number of fused-ring (bicyclic) bond motifs is 2. The fourth-order valence-electron chi connectivity index (χ4n) is 1.81. The first-order chi connectivity index (χ1) is 11.3. The van der Waals surface area contributed by atoms with E-state index in [2.05, 4.69) is 19.9 Å². The lowest BCUT2D eigenvalue weighted by Gasteiger charge is -1.90. The van der Waals surface area contributed by atoms with Crippen LogP contribution >= 0.6 is 0 Å². The predicted octanol–water partition coefficient (Wildman–Crippen LogP) is 2.59. The van der Waals surface area contributed by atoms with Crippen molar-refractivity contribution in [3.05, 3.63) is 73.3 Å². The molecule has 4 heterocycles. The van der Waals surface area contributed by atoms with Crippen LogP contribution < -0.4 is 0 Å². The molecule has 0 fully saturated rings. The Morgan fingerprint density at radius 1 is 0.522 bits per heavy atom. The summed E-state index contributed by atoms with van der Waals surface area (Å²) in [5, 5.41) is 0. The third-order valence-electron chi connectivity index (χ3n) is 2.74. The molecule has 7 heteroatoms. The van der Waals surface area contributed by atoms with Crippen LogP contribution in [0.2, 0.25) is 0 Å². The average Bonchev–Trinajstić information content (AvgIpc) is 2.63. The zero-order valence-electron chi connectivity index (χ0n) is 11.9. The highest BCUT2D eigenvalue weighted by Gasteiger charge is 1.89. The maximum Gasteiger partial charge on any atom is 0.335 e. The van der Waals surface area contributed by atoms with Crippen molar-refractivity contribution in [3.63, 3.8) is 0 Å². The average molecular weight is 324 g/mol. The molecule has 0 radical (unpaired) electrons. The standard InChI is InChI=1S/2C8H6N2.O2S/c2*1-3-7-8(9-5-1)4-2-6-10-7;1-3-2/h2*1-6H;. The van der Waals surface area contributed by atoms with Crippen molar-refractivity contribution < 1.29 is 8.42 Å². The van der Waals surface area contributed by atoms with Gasteiger partial charge in [-0.25, -0.2) is 0 Å². The number of hydrogen-bond acceptors (Lipinski definition) is 6. The van der Waals surface area contributed by atoms with Crippen molar-refractivity contribution in [3.8, 4) is 0 Å². The lowest BCUT2D eigenvalue weighted by atomic mass is 10.3. The summed E-state index contributed by atoms with van der Waals surface area (Å²) in [4.78, 5) is 16.5. The van der Waals surface area contributed by atoms with Crippen molar-refractivity contribution in [2.45, 2.75) is 0 Å². The summed E-state index contributed by atoms with van der Waals surface area (Å²) in [5.41, 5.74) is 3.80. The van der Waals surface area contributed by atoms with E-state index in [9.17, 15) is 0 Å². The lowest BCUT2D eigenvalue weighted by Crippen LogP contribution is -1.78. The van der Waals surface area contributed by atoms with Crippen LogP contribution in [0.1, 0.15) is 0 Å². The summed E-state index contributed by atoms with van der Waals surface area (Å²) in [7, 11) is 0. The van der Waals surface area contributed by atoms with Gasteiger partial charge in [0.1, 0.15) is 0 Å². The second-order valence-corrected chi connectivity index (χ2v) is 4.29. The Bertz CT molecular complexity index is 725. The molecule has 0 N–H and O–H groups in total. The number of pyridine rings is 4. The summed E-state index contributed by atoms with van der Waals surface area (Å²) >= 11 is -0.750. The van der Waals surface area contributed by atoms with E-state index >= 15 is 0 Å². The Morgan fingerprint density at radius 2 is 0.739 bits per heavy atom. The van der Waals surface area contributed by atoms with E-state index in [1.165, 1.54) is 0 Å². The quantitative estimate of drug-likeness (QED) is 0.494. The van der Waals surface area contributed by atoms with Gasteiger partial charge in [0.25, 0.3) is 0 Å². The van der Waals surface area contributed by atoms with Gasteiger partial charge in [0.05, 0.1) is 22.1 Å². The Hall–Kier alpha value is -3.06. The molecule has 6 nitrogen and oxygen atoms in total. The van der Waals surface area contributed by atoms with Gasteiger partial charge in [-0.3, -0.25) is 19.9 Å². The fraction of sp³-hybridized carbons (Fsp3) is 0. The van der Waals surface area contributed by atoms with Gasteiger partial charge >= 0.3 is 11.6 Å². The zero-order valence-corrected chi connectivity index (χ0v) is 12.8. The van der Waals surface area contributed by atoms with Crippen LogP contribution in [0.4, 0.5) is 0 Å². The zero-order chi connectivity index (χ0) is 16.3. The molecule has 4 aromatic rings. The van der Waals surface area contributed by atoms with Gasteiger partial charge in [-0.1, -0.05) is 0 Å². The molecule has 23 heavy (non-hydrogen) atoms. The van der Waals surface area contributed by atoms with Gasteiger partial charge in [-0.2, -0.15) is 8.42 Å². The van der Waals surface area contributed by atoms with Crippen LogP contribution in [0, 0.1) is 0 Å². The molecule has 0 unspecified atom stereocenters. The summed E-state index contributed by atoms with van der Waals surface area (Å²) in [6.45, 7) is 0. The first kappa shape index (κ1) is 16.3. The summed E-state index contributed by atoms with van der Waals surface area (Å²) in [5.74, 6) is 0. The minimum Gasteiger partial charge on any atom is -0.255 e. The Kier molecular flexibility index (Phi) is 6.43. The van der Waals surface area contributed by atoms with Crippen LogP contribution in [0.15, 0.2) is 73.3 Å². The minimum absolute atomic E-state index is 0.750. The second kappa shape index (κ2) is 9.06. The first-order valence-corrected chi connectivity index (χ1v) is 7.25. The topological polar surface area (TPSA) is 85.7 Å². The van der Waals surface area contributed by atoms with E-state index in [1.54, 1.807) is 24.8 Å². The molecule has 0 aliphatic heterocycles. The highest BCUT2D eigenvalue weighted by Crippen LogP contribution is 2.05. The fourth-order valence-corrected chi connectivity index (χ4v) is 1.81. The molecule has 4 rings (SSSR count).